The summed E-state index contributed by atoms with van der Waals surface area (Å²) in [5.41, 5.74) is 5.34. The first-order valence-corrected chi connectivity index (χ1v) is 13.3. The van der Waals surface area contributed by atoms with Crippen LogP contribution in [-0.2, 0) is 0 Å². The summed E-state index contributed by atoms with van der Waals surface area (Å²) in [6.45, 7) is 0. The zero-order valence-electron chi connectivity index (χ0n) is 19.9. The van der Waals surface area contributed by atoms with Gasteiger partial charge in [0.1, 0.15) is 11.2 Å². The molecule has 0 amide bonds. The first-order valence-electron chi connectivity index (χ1n) is 12.5. The molecular weight excluding hydrogens is 470 g/mol. The van der Waals surface area contributed by atoms with Crippen molar-refractivity contribution in [3.05, 3.63) is 127 Å². The summed E-state index contributed by atoms with van der Waals surface area (Å²) in [6, 6.07) is 45.1. The number of hydrogen-bond acceptors (Lipinski definition) is 3. The van der Waals surface area contributed by atoms with Gasteiger partial charge >= 0.3 is 0 Å². The number of furan rings is 1. The quantitative estimate of drug-likeness (QED) is 0.244. The van der Waals surface area contributed by atoms with E-state index in [9.17, 15) is 0 Å². The molecule has 8 rings (SSSR count). The molecule has 0 spiro atoms. The average molecular weight is 492 g/mol. The minimum Gasteiger partial charge on any atom is -0.455 e. The van der Waals surface area contributed by atoms with Gasteiger partial charge in [-0.1, -0.05) is 78.9 Å². The molecule has 0 unspecified atom stereocenters. The van der Waals surface area contributed by atoms with Crippen molar-refractivity contribution in [2.45, 2.75) is 0 Å². The predicted molar refractivity (Wildman–Crippen MR) is 159 cm³/mol. The zero-order chi connectivity index (χ0) is 24.3. The van der Waals surface area contributed by atoms with Crippen LogP contribution in [0.4, 0.5) is 17.1 Å². The highest BCUT2D eigenvalue weighted by atomic mass is 32.1. The van der Waals surface area contributed by atoms with Crippen molar-refractivity contribution >= 4 is 81.3 Å². The zero-order valence-corrected chi connectivity index (χ0v) is 20.7. The molecule has 0 radical (unpaired) electrons. The molecule has 6 aromatic carbocycles. The van der Waals surface area contributed by atoms with Crippen LogP contribution in [0, 0.1) is 0 Å². The number of para-hydroxylation sites is 3. The highest BCUT2D eigenvalue weighted by Crippen LogP contribution is 2.48. The van der Waals surface area contributed by atoms with Crippen molar-refractivity contribution in [3.63, 3.8) is 0 Å². The molecule has 37 heavy (non-hydrogen) atoms. The van der Waals surface area contributed by atoms with Gasteiger partial charge in [0, 0.05) is 53.4 Å². The van der Waals surface area contributed by atoms with Crippen molar-refractivity contribution in [2.24, 2.45) is 0 Å². The summed E-state index contributed by atoms with van der Waals surface area (Å²) >= 11 is 1.86. The van der Waals surface area contributed by atoms with Gasteiger partial charge in [-0.05, 0) is 53.9 Å². The smallest absolute Gasteiger partial charge is 0.144 e. The van der Waals surface area contributed by atoms with Crippen LogP contribution in [0.25, 0.3) is 52.9 Å². The number of thiophene rings is 1. The standard InChI is InChI=1S/C34H21NOS/c1-3-11-22(12-4-1)35(23-13-5-2-6-14-23)24-19-20-30-28(21-24)31-25-15-7-8-16-26(25)33-32(34(31)37-30)27-17-9-10-18-29(27)36-33/h1-21H. The SMILES string of the molecule is c1ccc(N(c2ccccc2)c2ccc3sc4c(c3c2)c2ccccc2c2oc3ccccc3c24)cc1. The molecule has 0 aliphatic carbocycles. The predicted octanol–water partition coefficient (Wildman–Crippen LogP) is 10.6. The molecule has 0 fully saturated rings. The molecule has 0 saturated heterocycles. The highest BCUT2D eigenvalue weighted by Gasteiger charge is 2.20. The van der Waals surface area contributed by atoms with Crippen LogP contribution in [-0.4, -0.2) is 0 Å². The van der Waals surface area contributed by atoms with Crippen LogP contribution in [0.5, 0.6) is 0 Å². The second-order valence-electron chi connectivity index (χ2n) is 9.34. The van der Waals surface area contributed by atoms with E-state index in [-0.39, 0.29) is 0 Å². The maximum atomic E-state index is 6.45. The van der Waals surface area contributed by atoms with E-state index in [1.165, 1.54) is 36.3 Å². The molecule has 0 saturated carbocycles. The van der Waals surface area contributed by atoms with Gasteiger partial charge < -0.3 is 9.32 Å². The lowest BCUT2D eigenvalue weighted by atomic mass is 9.99. The molecule has 174 valence electrons. The van der Waals surface area contributed by atoms with Gasteiger partial charge in [-0.3, -0.25) is 0 Å². The molecule has 0 N–H and O–H groups in total. The number of hydrogen-bond donors (Lipinski definition) is 0. The second kappa shape index (κ2) is 7.95. The normalized spacial score (nSPS) is 11.8. The summed E-state index contributed by atoms with van der Waals surface area (Å²) in [6.07, 6.45) is 0. The first kappa shape index (κ1) is 20.6. The Morgan fingerprint density at radius 1 is 0.486 bits per heavy atom. The topological polar surface area (TPSA) is 16.4 Å². The number of fused-ring (bicyclic) bond motifs is 10. The highest BCUT2D eigenvalue weighted by molar-refractivity contribution is 7.27. The van der Waals surface area contributed by atoms with Gasteiger partial charge in [0.15, 0.2) is 0 Å². The second-order valence-corrected chi connectivity index (χ2v) is 10.4. The molecular formula is C34H21NOS. The Morgan fingerprint density at radius 2 is 1.11 bits per heavy atom. The lowest BCUT2D eigenvalue weighted by molar-refractivity contribution is 0.673. The van der Waals surface area contributed by atoms with Crippen LogP contribution in [0.15, 0.2) is 132 Å². The molecule has 0 atom stereocenters. The Morgan fingerprint density at radius 3 is 1.84 bits per heavy atom. The van der Waals surface area contributed by atoms with E-state index >= 15 is 0 Å². The van der Waals surface area contributed by atoms with E-state index in [4.69, 9.17) is 4.42 Å². The Labute approximate surface area is 217 Å². The third kappa shape index (κ3) is 3.05. The molecule has 0 aliphatic heterocycles. The van der Waals surface area contributed by atoms with Crippen LogP contribution in [0.3, 0.4) is 0 Å². The van der Waals surface area contributed by atoms with Gasteiger partial charge in [-0.25, -0.2) is 0 Å². The van der Waals surface area contributed by atoms with Crippen LogP contribution < -0.4 is 4.90 Å². The summed E-state index contributed by atoms with van der Waals surface area (Å²) in [5, 5.41) is 7.37. The molecule has 3 heteroatoms. The molecule has 0 bridgehead atoms. The van der Waals surface area contributed by atoms with Crippen LogP contribution >= 0.6 is 11.3 Å². The minimum atomic E-state index is 0.938. The van der Waals surface area contributed by atoms with Crippen molar-refractivity contribution in [1.29, 1.82) is 0 Å². The van der Waals surface area contributed by atoms with E-state index in [0.29, 0.717) is 0 Å². The Bertz CT molecular complexity index is 2050. The Hall–Kier alpha value is -4.60. The lowest BCUT2D eigenvalue weighted by Crippen LogP contribution is -2.09. The van der Waals surface area contributed by atoms with E-state index in [0.717, 1.165) is 33.6 Å². The maximum absolute atomic E-state index is 6.45. The van der Waals surface area contributed by atoms with Crippen LogP contribution in [0.1, 0.15) is 0 Å². The van der Waals surface area contributed by atoms with Gasteiger partial charge in [0.25, 0.3) is 0 Å². The lowest BCUT2D eigenvalue weighted by Gasteiger charge is -2.25. The third-order valence-electron chi connectivity index (χ3n) is 7.22. The Kier molecular flexibility index (Phi) is 4.42. The maximum Gasteiger partial charge on any atom is 0.144 e. The van der Waals surface area contributed by atoms with E-state index in [1.54, 1.807) is 0 Å². The van der Waals surface area contributed by atoms with Crippen molar-refractivity contribution < 1.29 is 4.42 Å². The van der Waals surface area contributed by atoms with E-state index in [2.05, 4.69) is 126 Å². The van der Waals surface area contributed by atoms with E-state index in [1.807, 2.05) is 17.4 Å². The summed E-state index contributed by atoms with van der Waals surface area (Å²) < 4.78 is 9.01. The van der Waals surface area contributed by atoms with Gasteiger partial charge in [-0.15, -0.1) is 11.3 Å². The van der Waals surface area contributed by atoms with Crippen molar-refractivity contribution in [3.8, 4) is 0 Å². The molecule has 2 heterocycles. The number of nitrogens with zero attached hydrogens (tertiary/aromatic N) is 1. The van der Waals surface area contributed by atoms with Gasteiger partial charge in [0.05, 0.1) is 0 Å². The number of anilines is 3. The number of benzene rings is 6. The third-order valence-corrected chi connectivity index (χ3v) is 8.41. The summed E-state index contributed by atoms with van der Waals surface area (Å²) in [5.74, 6) is 0. The fourth-order valence-corrected chi connectivity index (χ4v) is 6.88. The largest absolute Gasteiger partial charge is 0.455 e. The molecule has 0 aliphatic rings. The summed E-state index contributed by atoms with van der Waals surface area (Å²) in [4.78, 5) is 2.33. The molecule has 2 nitrogen and oxygen atoms in total. The fourth-order valence-electron chi connectivity index (χ4n) is 5.63. The Balaban J connectivity index is 1.49. The monoisotopic (exact) mass is 491 g/mol. The van der Waals surface area contributed by atoms with E-state index < -0.39 is 0 Å². The number of rotatable bonds is 3. The molecule has 2 aromatic heterocycles. The molecule has 8 aromatic rings. The average Bonchev–Trinajstić information content (AvgIpc) is 3.53. The first-order chi connectivity index (χ1) is 18.4. The minimum absolute atomic E-state index is 0.938. The van der Waals surface area contributed by atoms with Crippen molar-refractivity contribution in [1.82, 2.24) is 0 Å². The van der Waals surface area contributed by atoms with Crippen molar-refractivity contribution in [2.75, 3.05) is 4.90 Å². The summed E-state index contributed by atoms with van der Waals surface area (Å²) in [7, 11) is 0. The van der Waals surface area contributed by atoms with Crippen LogP contribution in [0.2, 0.25) is 0 Å². The van der Waals surface area contributed by atoms with Gasteiger partial charge in [0.2, 0.25) is 0 Å². The fraction of sp³-hybridized carbons (Fsp3) is 0. The van der Waals surface area contributed by atoms with Gasteiger partial charge in [-0.2, -0.15) is 0 Å².